The number of rotatable bonds is 8. The fraction of sp³-hybridized carbons (Fsp3) is 0.760. The van der Waals surface area contributed by atoms with Crippen LogP contribution in [0.4, 0.5) is 17.6 Å². The van der Waals surface area contributed by atoms with Crippen molar-refractivity contribution < 1.29 is 17.6 Å². The molecule has 2 aliphatic rings. The maximum Gasteiger partial charge on any atom is 0.254 e. The molecule has 0 atom stereocenters. The SMILES string of the molecule is CCCCC[C@H]1CC[C@H](C2CCC(C(F)(F)Cc3ccc(F)c(F)c3)CC2)CC1. The zero-order valence-corrected chi connectivity index (χ0v) is 17.7. The molecule has 29 heavy (non-hydrogen) atoms. The van der Waals surface area contributed by atoms with Crippen molar-refractivity contribution in [3.05, 3.63) is 35.4 Å². The standard InChI is InChI=1S/C25H36F4/c1-2-3-4-5-18-6-9-20(10-7-18)21-11-13-22(14-12-21)25(28,29)17-19-8-15-23(26)24(27)16-19/h8,15-16,18,20-22H,2-7,9-14,17H2,1H3/t18-,20-,21?,22?. The van der Waals surface area contributed by atoms with E-state index in [-0.39, 0.29) is 5.56 Å². The Morgan fingerprint density at radius 2 is 1.45 bits per heavy atom. The summed E-state index contributed by atoms with van der Waals surface area (Å²) in [5.41, 5.74) is 0.178. The van der Waals surface area contributed by atoms with Gasteiger partial charge in [0.2, 0.25) is 0 Å². The van der Waals surface area contributed by atoms with Crippen molar-refractivity contribution >= 4 is 0 Å². The van der Waals surface area contributed by atoms with E-state index < -0.39 is 29.9 Å². The Morgan fingerprint density at radius 1 is 0.828 bits per heavy atom. The summed E-state index contributed by atoms with van der Waals surface area (Å²) >= 11 is 0. The lowest BCUT2D eigenvalue weighted by Crippen LogP contribution is -2.35. The average molecular weight is 413 g/mol. The van der Waals surface area contributed by atoms with Gasteiger partial charge in [0, 0.05) is 12.3 Å². The van der Waals surface area contributed by atoms with Crippen molar-refractivity contribution in [2.45, 2.75) is 96.3 Å². The molecule has 3 rings (SSSR count). The molecule has 0 spiro atoms. The molecule has 0 bridgehead atoms. The van der Waals surface area contributed by atoms with Crippen molar-refractivity contribution in [2.75, 3.05) is 0 Å². The molecule has 0 aromatic heterocycles. The van der Waals surface area contributed by atoms with Crippen LogP contribution < -0.4 is 0 Å². The quantitative estimate of drug-likeness (QED) is 0.297. The van der Waals surface area contributed by atoms with Crippen LogP contribution in [-0.2, 0) is 6.42 Å². The topological polar surface area (TPSA) is 0 Å². The van der Waals surface area contributed by atoms with E-state index in [1.165, 1.54) is 57.4 Å². The molecule has 0 nitrogen and oxygen atoms in total. The van der Waals surface area contributed by atoms with Crippen LogP contribution in [0.25, 0.3) is 0 Å². The molecule has 1 aromatic carbocycles. The van der Waals surface area contributed by atoms with Gasteiger partial charge < -0.3 is 0 Å². The van der Waals surface area contributed by atoms with E-state index in [2.05, 4.69) is 6.92 Å². The third-order valence-electron chi connectivity index (χ3n) is 7.57. The summed E-state index contributed by atoms with van der Waals surface area (Å²) in [5, 5.41) is 0. The molecule has 0 heterocycles. The minimum absolute atomic E-state index is 0.178. The van der Waals surface area contributed by atoms with Crippen LogP contribution in [0.3, 0.4) is 0 Å². The van der Waals surface area contributed by atoms with Crippen LogP contribution in [-0.4, -0.2) is 5.92 Å². The molecule has 4 heteroatoms. The first kappa shape index (κ1) is 22.6. The monoisotopic (exact) mass is 412 g/mol. The number of hydrogen-bond acceptors (Lipinski definition) is 0. The first-order valence-electron chi connectivity index (χ1n) is 11.7. The lowest BCUT2D eigenvalue weighted by Gasteiger charge is -2.39. The Bertz CT molecular complexity index is 626. The van der Waals surface area contributed by atoms with Crippen molar-refractivity contribution in [3.8, 4) is 0 Å². The van der Waals surface area contributed by atoms with Gasteiger partial charge in [-0.15, -0.1) is 0 Å². The minimum Gasteiger partial charge on any atom is -0.206 e. The molecule has 2 fully saturated rings. The highest BCUT2D eigenvalue weighted by atomic mass is 19.3. The van der Waals surface area contributed by atoms with E-state index >= 15 is 0 Å². The molecule has 2 aliphatic carbocycles. The van der Waals surface area contributed by atoms with Crippen LogP contribution in [0.1, 0.15) is 89.5 Å². The normalized spacial score (nSPS) is 28.4. The molecular formula is C25H36F4. The molecular weight excluding hydrogens is 376 g/mol. The zero-order valence-electron chi connectivity index (χ0n) is 17.7. The number of hydrogen-bond donors (Lipinski definition) is 0. The predicted molar refractivity (Wildman–Crippen MR) is 110 cm³/mol. The number of alkyl halides is 2. The third kappa shape index (κ3) is 6.21. The van der Waals surface area contributed by atoms with E-state index in [0.29, 0.717) is 18.8 Å². The Morgan fingerprint density at radius 3 is 2.03 bits per heavy atom. The fourth-order valence-electron chi connectivity index (χ4n) is 5.71. The maximum absolute atomic E-state index is 14.8. The number of benzene rings is 1. The molecule has 2 saturated carbocycles. The van der Waals surface area contributed by atoms with Crippen LogP contribution in [0.5, 0.6) is 0 Å². The van der Waals surface area contributed by atoms with Crippen molar-refractivity contribution in [1.29, 1.82) is 0 Å². The van der Waals surface area contributed by atoms with Gasteiger partial charge in [0.1, 0.15) is 0 Å². The summed E-state index contributed by atoms with van der Waals surface area (Å²) in [6, 6.07) is 3.13. The van der Waals surface area contributed by atoms with Gasteiger partial charge >= 0.3 is 0 Å². The lowest BCUT2D eigenvalue weighted by atomic mass is 9.67. The molecule has 0 N–H and O–H groups in total. The Hall–Kier alpha value is -1.06. The van der Waals surface area contributed by atoms with Crippen molar-refractivity contribution in [3.63, 3.8) is 0 Å². The van der Waals surface area contributed by atoms with E-state index in [0.717, 1.165) is 36.8 Å². The Kier molecular flexibility index (Phi) is 8.04. The zero-order chi connectivity index (χ0) is 20.9. The summed E-state index contributed by atoms with van der Waals surface area (Å²) in [4.78, 5) is 0. The van der Waals surface area contributed by atoms with E-state index in [1.807, 2.05) is 0 Å². The smallest absolute Gasteiger partial charge is 0.206 e. The van der Waals surface area contributed by atoms with E-state index in [1.54, 1.807) is 0 Å². The van der Waals surface area contributed by atoms with E-state index in [4.69, 9.17) is 0 Å². The maximum atomic E-state index is 14.8. The molecule has 0 aliphatic heterocycles. The Labute approximate surface area is 173 Å². The second-order valence-electron chi connectivity index (χ2n) is 9.57. The van der Waals surface area contributed by atoms with Crippen molar-refractivity contribution in [1.82, 2.24) is 0 Å². The fourth-order valence-corrected chi connectivity index (χ4v) is 5.71. The van der Waals surface area contributed by atoms with Gasteiger partial charge in [0.05, 0.1) is 0 Å². The first-order valence-corrected chi connectivity index (χ1v) is 11.7. The predicted octanol–water partition coefficient (Wildman–Crippen LogP) is 8.34. The van der Waals surface area contributed by atoms with Crippen LogP contribution in [0, 0.1) is 35.3 Å². The van der Waals surface area contributed by atoms with Crippen LogP contribution in [0.2, 0.25) is 0 Å². The van der Waals surface area contributed by atoms with Gasteiger partial charge in [0.25, 0.3) is 5.92 Å². The van der Waals surface area contributed by atoms with Gasteiger partial charge in [0.15, 0.2) is 11.6 Å². The van der Waals surface area contributed by atoms with E-state index in [9.17, 15) is 17.6 Å². The highest BCUT2D eigenvalue weighted by Gasteiger charge is 2.42. The summed E-state index contributed by atoms with van der Waals surface area (Å²) in [7, 11) is 0. The van der Waals surface area contributed by atoms with Crippen molar-refractivity contribution in [2.24, 2.45) is 23.7 Å². The third-order valence-corrected chi connectivity index (χ3v) is 7.57. The average Bonchev–Trinajstić information content (AvgIpc) is 2.71. The van der Waals surface area contributed by atoms with Gasteiger partial charge in [-0.25, -0.2) is 17.6 Å². The van der Waals surface area contributed by atoms with Gasteiger partial charge in [-0.3, -0.25) is 0 Å². The van der Waals surface area contributed by atoms with Gasteiger partial charge in [-0.05, 0) is 74.0 Å². The molecule has 1 aromatic rings. The molecule has 0 unspecified atom stereocenters. The van der Waals surface area contributed by atoms with Crippen LogP contribution in [0.15, 0.2) is 18.2 Å². The Balaban J connectivity index is 1.44. The molecule has 0 radical (unpaired) electrons. The summed E-state index contributed by atoms with van der Waals surface area (Å²) in [6.45, 7) is 2.24. The lowest BCUT2D eigenvalue weighted by molar-refractivity contribution is -0.0777. The molecule has 164 valence electrons. The summed E-state index contributed by atoms with van der Waals surface area (Å²) < 4.78 is 56.0. The van der Waals surface area contributed by atoms with Gasteiger partial charge in [-0.2, -0.15) is 0 Å². The second kappa shape index (κ2) is 10.3. The summed E-state index contributed by atoms with van der Waals surface area (Å²) in [6.07, 6.45) is 12.9. The highest BCUT2D eigenvalue weighted by Crippen LogP contribution is 2.46. The molecule has 0 amide bonds. The molecule has 0 saturated heterocycles. The highest BCUT2D eigenvalue weighted by molar-refractivity contribution is 5.19. The van der Waals surface area contributed by atoms with Crippen LogP contribution >= 0.6 is 0 Å². The largest absolute Gasteiger partial charge is 0.254 e. The first-order chi connectivity index (χ1) is 13.9. The summed E-state index contributed by atoms with van der Waals surface area (Å²) in [5.74, 6) is -3.33. The van der Waals surface area contributed by atoms with Gasteiger partial charge in [-0.1, -0.05) is 51.5 Å². The second-order valence-corrected chi connectivity index (χ2v) is 9.57. The minimum atomic E-state index is -2.85. The number of halogens is 4. The number of unbranched alkanes of at least 4 members (excludes halogenated alkanes) is 2.